The average molecular weight is 556 g/mol. The van der Waals surface area contributed by atoms with Crippen LogP contribution >= 0.6 is 0 Å². The van der Waals surface area contributed by atoms with Gasteiger partial charge in [0, 0.05) is 11.1 Å². The third-order valence-electron chi connectivity index (χ3n) is 7.35. The van der Waals surface area contributed by atoms with Gasteiger partial charge in [-0.15, -0.1) is 0 Å². The molecule has 7 heteroatoms. The second-order valence-electron chi connectivity index (χ2n) is 10.6. The number of hydrogen-bond donors (Lipinski definition) is 3. The highest BCUT2D eigenvalue weighted by atomic mass is 16.5. The van der Waals surface area contributed by atoms with E-state index in [0.29, 0.717) is 46.4 Å². The van der Waals surface area contributed by atoms with Gasteiger partial charge in [0.25, 0.3) is 0 Å². The van der Waals surface area contributed by atoms with Gasteiger partial charge in [0.1, 0.15) is 23.2 Å². The number of phenolic OH excluding ortho intramolecular Hbond substituents is 2. The Morgan fingerprint density at radius 3 is 2.32 bits per heavy atom. The fourth-order valence-electron chi connectivity index (χ4n) is 5.08. The molecule has 1 heterocycles. The summed E-state index contributed by atoms with van der Waals surface area (Å²) in [4.78, 5) is 22.5. The van der Waals surface area contributed by atoms with Gasteiger partial charge >= 0.3 is 5.97 Å². The fourth-order valence-corrected chi connectivity index (χ4v) is 5.08. The zero-order chi connectivity index (χ0) is 29.0. The van der Waals surface area contributed by atoms with Gasteiger partial charge in [-0.2, -0.15) is 0 Å². The van der Waals surface area contributed by atoms with Gasteiger partial charge < -0.3 is 20.3 Å². The van der Waals surface area contributed by atoms with Crippen molar-refractivity contribution in [3.63, 3.8) is 0 Å². The molecule has 0 amide bonds. The molecule has 0 aromatic heterocycles. The van der Waals surface area contributed by atoms with E-state index in [1.807, 2.05) is 18.2 Å². The Hall–Kier alpha value is -4.13. The maximum atomic E-state index is 13.1. The van der Waals surface area contributed by atoms with Crippen LogP contribution in [0.4, 0.5) is 0 Å². The Kier molecular flexibility index (Phi) is 10.9. The van der Waals surface area contributed by atoms with E-state index in [2.05, 4.69) is 19.2 Å². The summed E-state index contributed by atoms with van der Waals surface area (Å²) in [6.07, 6.45) is 8.61. The summed E-state index contributed by atoms with van der Waals surface area (Å²) in [7, 11) is 0. The number of amidine groups is 2. The second-order valence-corrected chi connectivity index (χ2v) is 10.6. The van der Waals surface area contributed by atoms with Gasteiger partial charge in [-0.1, -0.05) is 94.8 Å². The van der Waals surface area contributed by atoms with E-state index in [9.17, 15) is 15.0 Å². The number of benzene rings is 3. The Morgan fingerprint density at radius 1 is 0.829 bits per heavy atom. The predicted molar refractivity (Wildman–Crippen MR) is 164 cm³/mol. The zero-order valence-corrected chi connectivity index (χ0v) is 24.1. The van der Waals surface area contributed by atoms with Crippen molar-refractivity contribution in [3.05, 3.63) is 95.1 Å². The second kappa shape index (κ2) is 15.0. The molecule has 0 fully saturated rings. The van der Waals surface area contributed by atoms with Gasteiger partial charge in [-0.05, 0) is 49.1 Å². The van der Waals surface area contributed by atoms with Gasteiger partial charge in [0.05, 0.1) is 17.7 Å². The smallest absolute Gasteiger partial charge is 0.338 e. The molecule has 41 heavy (non-hydrogen) atoms. The molecule has 0 aliphatic carbocycles. The molecule has 3 aromatic carbocycles. The molecule has 0 spiro atoms. The van der Waals surface area contributed by atoms with E-state index in [4.69, 9.17) is 14.7 Å². The lowest BCUT2D eigenvalue weighted by molar-refractivity contribution is 0.0423. The molecule has 0 saturated heterocycles. The van der Waals surface area contributed by atoms with Gasteiger partial charge in [0.2, 0.25) is 0 Å². The van der Waals surface area contributed by atoms with E-state index in [-0.39, 0.29) is 17.5 Å². The third kappa shape index (κ3) is 8.19. The van der Waals surface area contributed by atoms with Crippen LogP contribution in [-0.4, -0.2) is 34.5 Å². The summed E-state index contributed by atoms with van der Waals surface area (Å²) in [5.41, 5.74) is 2.15. The maximum absolute atomic E-state index is 13.1. The predicted octanol–water partition coefficient (Wildman–Crippen LogP) is 7.53. The SMILES string of the molecule is CCCCCCCC(CCC)COC(=O)c1cccc(C2=NC(c3ccccc3O)N=C(c3ccccc3O)N2)c1. The molecule has 2 atom stereocenters. The highest BCUT2D eigenvalue weighted by Crippen LogP contribution is 2.31. The van der Waals surface area contributed by atoms with Crippen LogP contribution in [0.1, 0.15) is 98.4 Å². The van der Waals surface area contributed by atoms with E-state index in [0.717, 1.165) is 19.3 Å². The minimum Gasteiger partial charge on any atom is -0.508 e. The Morgan fingerprint density at radius 2 is 1.56 bits per heavy atom. The molecule has 0 radical (unpaired) electrons. The largest absolute Gasteiger partial charge is 0.508 e. The van der Waals surface area contributed by atoms with Gasteiger partial charge in [-0.25, -0.2) is 14.8 Å². The maximum Gasteiger partial charge on any atom is 0.338 e. The Balaban J connectivity index is 1.52. The number of para-hydroxylation sites is 2. The normalized spacial score (nSPS) is 15.4. The Bertz CT molecular complexity index is 1370. The first-order chi connectivity index (χ1) is 20.0. The minimum absolute atomic E-state index is 0.0698. The number of unbranched alkanes of at least 4 members (excludes halogenated alkanes) is 4. The number of rotatable bonds is 14. The van der Waals surface area contributed by atoms with Crippen LogP contribution in [0.2, 0.25) is 0 Å². The first-order valence-electron chi connectivity index (χ1n) is 14.8. The molecule has 1 aliphatic heterocycles. The van der Waals surface area contributed by atoms with Crippen LogP contribution in [0.25, 0.3) is 0 Å². The number of carbonyl (C=O) groups excluding carboxylic acids is 1. The van der Waals surface area contributed by atoms with Crippen molar-refractivity contribution in [2.75, 3.05) is 6.61 Å². The van der Waals surface area contributed by atoms with Crippen molar-refractivity contribution in [3.8, 4) is 11.5 Å². The monoisotopic (exact) mass is 555 g/mol. The summed E-state index contributed by atoms with van der Waals surface area (Å²) in [5, 5.41) is 24.2. The molecule has 216 valence electrons. The quantitative estimate of drug-likeness (QED) is 0.141. The molecular formula is C34H41N3O4. The van der Waals surface area contributed by atoms with E-state index in [1.165, 1.54) is 32.1 Å². The molecular weight excluding hydrogens is 514 g/mol. The topological polar surface area (TPSA) is 104 Å². The number of aromatic hydroxyl groups is 2. The third-order valence-corrected chi connectivity index (χ3v) is 7.35. The summed E-state index contributed by atoms with van der Waals surface area (Å²) in [6, 6.07) is 21.0. The minimum atomic E-state index is -0.746. The van der Waals surface area contributed by atoms with Crippen molar-refractivity contribution in [1.29, 1.82) is 0 Å². The number of carbonyl (C=O) groups is 1. The number of hydrogen-bond acceptors (Lipinski definition) is 7. The van der Waals surface area contributed by atoms with Crippen LogP contribution in [0.5, 0.6) is 11.5 Å². The molecule has 2 unspecified atom stereocenters. The Labute approximate surface area is 243 Å². The molecule has 7 nitrogen and oxygen atoms in total. The van der Waals surface area contributed by atoms with Crippen LogP contribution in [-0.2, 0) is 4.74 Å². The summed E-state index contributed by atoms with van der Waals surface area (Å²) >= 11 is 0. The fraction of sp³-hybridized carbons (Fsp3) is 0.382. The zero-order valence-electron chi connectivity index (χ0n) is 24.1. The van der Waals surface area contributed by atoms with Crippen molar-refractivity contribution < 1.29 is 19.7 Å². The highest BCUT2D eigenvalue weighted by molar-refractivity contribution is 6.17. The molecule has 1 aliphatic rings. The number of ether oxygens (including phenoxy) is 1. The number of phenols is 2. The van der Waals surface area contributed by atoms with Gasteiger partial charge in [0.15, 0.2) is 6.17 Å². The number of nitrogens with one attached hydrogen (secondary N) is 1. The number of esters is 1. The number of aliphatic imine (C=N–C) groups is 2. The molecule has 0 saturated carbocycles. The summed E-state index contributed by atoms with van der Waals surface area (Å²) < 4.78 is 5.79. The molecule has 3 N–H and O–H groups in total. The van der Waals surface area contributed by atoms with Crippen molar-refractivity contribution >= 4 is 17.6 Å². The van der Waals surface area contributed by atoms with Crippen LogP contribution in [0, 0.1) is 5.92 Å². The molecule has 0 bridgehead atoms. The number of nitrogens with zero attached hydrogens (tertiary/aromatic N) is 2. The van der Waals surface area contributed by atoms with E-state index in [1.54, 1.807) is 54.6 Å². The lowest BCUT2D eigenvalue weighted by Gasteiger charge is -2.23. The summed E-state index contributed by atoms with van der Waals surface area (Å²) in [5.74, 6) is 1.04. The van der Waals surface area contributed by atoms with Crippen molar-refractivity contribution in [2.45, 2.75) is 71.4 Å². The lowest BCUT2D eigenvalue weighted by Crippen LogP contribution is -2.36. The van der Waals surface area contributed by atoms with Gasteiger partial charge in [-0.3, -0.25) is 0 Å². The van der Waals surface area contributed by atoms with E-state index < -0.39 is 6.17 Å². The molecule has 4 rings (SSSR count). The summed E-state index contributed by atoms with van der Waals surface area (Å²) in [6.45, 7) is 4.81. The highest BCUT2D eigenvalue weighted by Gasteiger charge is 2.24. The van der Waals surface area contributed by atoms with E-state index >= 15 is 0 Å². The first kappa shape index (κ1) is 29.8. The lowest BCUT2D eigenvalue weighted by atomic mass is 9.97. The first-order valence-corrected chi connectivity index (χ1v) is 14.8. The average Bonchev–Trinajstić information content (AvgIpc) is 3.00. The molecule has 3 aromatic rings. The van der Waals surface area contributed by atoms with Crippen molar-refractivity contribution in [2.24, 2.45) is 15.9 Å². The van der Waals surface area contributed by atoms with Crippen LogP contribution in [0.15, 0.2) is 82.8 Å². The van der Waals surface area contributed by atoms with Crippen LogP contribution < -0.4 is 5.32 Å². The standard InChI is InChI=1S/C34H41N3O4/c1-3-5-6-7-8-15-24(14-4-2)23-41-34(40)26-17-13-16-25(22-26)31-35-32(27-18-9-11-20-29(27)38)37-33(36-31)28-19-10-12-21-30(28)39/h9-13,16-22,24,32,38-39H,3-8,14-15,23H2,1-2H3,(H,35,36,37). The van der Waals surface area contributed by atoms with Crippen molar-refractivity contribution in [1.82, 2.24) is 5.32 Å². The van der Waals surface area contributed by atoms with Crippen LogP contribution in [0.3, 0.4) is 0 Å².